The number of aliphatic hydroxyl groups excluding tert-OH is 1. The first-order valence-electron chi connectivity index (χ1n) is 19.9. The van der Waals surface area contributed by atoms with Crippen LogP contribution in [0.25, 0.3) is 11.3 Å². The summed E-state index contributed by atoms with van der Waals surface area (Å²) < 4.78 is 0. The lowest BCUT2D eigenvalue weighted by atomic mass is 9.84. The van der Waals surface area contributed by atoms with Gasteiger partial charge in [0.25, 0.3) is 0 Å². The van der Waals surface area contributed by atoms with Crippen LogP contribution in [-0.4, -0.2) is 92.3 Å². The second kappa shape index (κ2) is 19.1. The number of aromatic nitrogens is 1. The lowest BCUT2D eigenvalue weighted by molar-refractivity contribution is -0.130. The van der Waals surface area contributed by atoms with Crippen molar-refractivity contribution in [1.29, 1.82) is 0 Å². The number of carboxylic acid groups (broad SMARTS) is 1. The van der Waals surface area contributed by atoms with Gasteiger partial charge in [0.1, 0.15) is 12.1 Å². The number of aliphatic hydroxyl groups is 1. The minimum absolute atomic E-state index is 0.0507. The maximum atomic E-state index is 14.5. The molecule has 12 nitrogen and oxygen atoms in total. The molecule has 1 aromatic heterocycles. The highest BCUT2D eigenvalue weighted by molar-refractivity contribution is 5.89. The average Bonchev–Trinajstić information content (AvgIpc) is 3.51. The van der Waals surface area contributed by atoms with Crippen molar-refractivity contribution in [2.45, 2.75) is 97.6 Å². The third kappa shape index (κ3) is 11.9. The monoisotopic (exact) mass is 790 g/mol. The normalized spacial score (nSPS) is 15.9. The SMILES string of the molecule is CC(C)(C)C(NC(=O)O)C(=O)NC(Cc1ccc(-c2ccccn2)cc1)C(O)CC(Cc1ccccc1)NC(=O)C(N1CCN(Cc2ccccc2)C1=O)C(C)(C)C. The Balaban J connectivity index is 1.41. The van der Waals surface area contributed by atoms with Gasteiger partial charge in [-0.3, -0.25) is 14.6 Å². The molecule has 0 aliphatic carbocycles. The molecule has 1 fully saturated rings. The van der Waals surface area contributed by atoms with Crippen molar-refractivity contribution in [3.8, 4) is 11.3 Å². The molecule has 5 rings (SSSR count). The van der Waals surface area contributed by atoms with Crippen molar-refractivity contribution < 1.29 is 29.4 Å². The number of nitrogens with one attached hydrogen (secondary N) is 3. The molecule has 308 valence electrons. The number of carbonyl (C=O) groups excluding carboxylic acids is 3. The predicted molar refractivity (Wildman–Crippen MR) is 225 cm³/mol. The summed E-state index contributed by atoms with van der Waals surface area (Å²) in [6.45, 7) is 12.4. The Kier molecular flexibility index (Phi) is 14.3. The molecule has 0 radical (unpaired) electrons. The van der Waals surface area contributed by atoms with Gasteiger partial charge in [0.05, 0.1) is 17.8 Å². The van der Waals surface area contributed by atoms with Crippen LogP contribution in [0.3, 0.4) is 0 Å². The van der Waals surface area contributed by atoms with E-state index in [-0.39, 0.29) is 24.8 Å². The fraction of sp³-hybridized carbons (Fsp3) is 0.413. The number of carbonyl (C=O) groups is 4. The van der Waals surface area contributed by atoms with E-state index in [4.69, 9.17) is 0 Å². The lowest BCUT2D eigenvalue weighted by Gasteiger charge is -2.38. The third-order valence-electron chi connectivity index (χ3n) is 10.5. The van der Waals surface area contributed by atoms with Gasteiger partial charge in [0, 0.05) is 37.4 Å². The molecule has 0 spiro atoms. The summed E-state index contributed by atoms with van der Waals surface area (Å²) in [5.74, 6) is -0.909. The van der Waals surface area contributed by atoms with Crippen LogP contribution >= 0.6 is 0 Å². The third-order valence-corrected chi connectivity index (χ3v) is 10.5. The van der Waals surface area contributed by atoms with E-state index in [9.17, 15) is 29.4 Å². The van der Waals surface area contributed by atoms with Crippen LogP contribution in [0, 0.1) is 10.8 Å². The van der Waals surface area contributed by atoms with Crippen LogP contribution < -0.4 is 16.0 Å². The summed E-state index contributed by atoms with van der Waals surface area (Å²) >= 11 is 0. The van der Waals surface area contributed by atoms with E-state index in [2.05, 4.69) is 20.9 Å². The summed E-state index contributed by atoms with van der Waals surface area (Å²) in [6, 6.07) is 29.1. The van der Waals surface area contributed by atoms with Gasteiger partial charge in [-0.1, -0.05) is 133 Å². The Hall–Kier alpha value is -5.75. The zero-order chi connectivity index (χ0) is 42.0. The fourth-order valence-electron chi connectivity index (χ4n) is 7.57. The van der Waals surface area contributed by atoms with Crippen LogP contribution in [0.1, 0.15) is 64.7 Å². The maximum absolute atomic E-state index is 14.5. The van der Waals surface area contributed by atoms with Gasteiger partial charge in [-0.25, -0.2) is 9.59 Å². The Morgan fingerprint density at radius 2 is 1.31 bits per heavy atom. The number of urea groups is 1. The van der Waals surface area contributed by atoms with E-state index >= 15 is 0 Å². The first kappa shape index (κ1) is 43.4. The molecule has 4 aromatic rings. The quantitative estimate of drug-likeness (QED) is 0.0891. The van der Waals surface area contributed by atoms with E-state index in [1.54, 1.807) is 36.8 Å². The number of hydrogen-bond donors (Lipinski definition) is 5. The molecular weight excluding hydrogens is 733 g/mol. The summed E-state index contributed by atoms with van der Waals surface area (Å²) in [6.07, 6.45) is -0.151. The van der Waals surface area contributed by atoms with Gasteiger partial charge >= 0.3 is 12.1 Å². The number of nitrogens with zero attached hydrogens (tertiary/aromatic N) is 3. The molecule has 5 atom stereocenters. The molecule has 0 saturated carbocycles. The van der Waals surface area contributed by atoms with Crippen LogP contribution in [0.5, 0.6) is 0 Å². The van der Waals surface area contributed by atoms with E-state index < -0.39 is 53.1 Å². The molecule has 58 heavy (non-hydrogen) atoms. The molecule has 5 N–H and O–H groups in total. The molecule has 5 unspecified atom stereocenters. The Morgan fingerprint density at radius 3 is 1.88 bits per heavy atom. The van der Waals surface area contributed by atoms with E-state index in [0.29, 0.717) is 26.1 Å². The minimum atomic E-state index is -1.34. The van der Waals surface area contributed by atoms with Crippen LogP contribution in [0.2, 0.25) is 0 Å². The highest BCUT2D eigenvalue weighted by Crippen LogP contribution is 2.29. The molecule has 3 aromatic carbocycles. The van der Waals surface area contributed by atoms with Crippen LogP contribution in [0.4, 0.5) is 9.59 Å². The number of rotatable bonds is 16. The number of hydrogen-bond acceptors (Lipinski definition) is 6. The molecule has 1 saturated heterocycles. The Labute approximate surface area is 342 Å². The van der Waals surface area contributed by atoms with E-state index in [1.165, 1.54) is 0 Å². The number of amides is 5. The van der Waals surface area contributed by atoms with Gasteiger partial charge in [0.2, 0.25) is 11.8 Å². The molecule has 1 aliphatic heterocycles. The van der Waals surface area contributed by atoms with Gasteiger partial charge in [0.15, 0.2) is 0 Å². The fourth-order valence-corrected chi connectivity index (χ4v) is 7.57. The first-order chi connectivity index (χ1) is 27.5. The van der Waals surface area contributed by atoms with Crippen molar-refractivity contribution in [3.05, 3.63) is 126 Å². The van der Waals surface area contributed by atoms with Crippen molar-refractivity contribution in [2.24, 2.45) is 10.8 Å². The summed E-state index contributed by atoms with van der Waals surface area (Å²) in [4.78, 5) is 61.9. The van der Waals surface area contributed by atoms with Crippen molar-refractivity contribution >= 4 is 23.9 Å². The summed E-state index contributed by atoms with van der Waals surface area (Å²) in [5.41, 5.74) is 3.06. The first-order valence-corrected chi connectivity index (χ1v) is 19.9. The summed E-state index contributed by atoms with van der Waals surface area (Å²) in [7, 11) is 0. The van der Waals surface area contributed by atoms with Crippen molar-refractivity contribution in [2.75, 3.05) is 13.1 Å². The number of pyridine rings is 1. The molecule has 0 bridgehead atoms. The second-order valence-electron chi connectivity index (χ2n) is 17.3. The van der Waals surface area contributed by atoms with E-state index in [1.807, 2.05) is 124 Å². The maximum Gasteiger partial charge on any atom is 0.405 e. The topological polar surface area (TPSA) is 164 Å². The Morgan fingerprint density at radius 1 is 0.707 bits per heavy atom. The molecule has 12 heteroatoms. The molecule has 5 amide bonds. The molecule has 1 aliphatic rings. The van der Waals surface area contributed by atoms with E-state index in [0.717, 1.165) is 27.9 Å². The van der Waals surface area contributed by atoms with Crippen LogP contribution in [0.15, 0.2) is 109 Å². The van der Waals surface area contributed by atoms with Crippen LogP contribution in [-0.2, 0) is 29.0 Å². The molecular formula is C46H58N6O6. The van der Waals surface area contributed by atoms with Gasteiger partial charge in [-0.2, -0.15) is 0 Å². The highest BCUT2D eigenvalue weighted by Gasteiger charge is 2.44. The highest BCUT2D eigenvalue weighted by atomic mass is 16.4. The standard InChI is InChI=1S/C46H58N6O6/c1-45(2,3)39(50-43(56)57)41(54)49-37(28-32-20-22-34(23-21-32)36-19-13-14-24-47-36)38(53)29-35(27-31-15-9-7-10-16-31)48-42(55)40(46(4,5)6)52-26-25-51(44(52)58)30-33-17-11-8-12-18-33/h7-24,35,37-40,50,53H,25-30H2,1-6H3,(H,48,55)(H,49,54)(H,56,57). The Bertz CT molecular complexity index is 1970. The lowest BCUT2D eigenvalue weighted by Crippen LogP contribution is -2.59. The van der Waals surface area contributed by atoms with Crippen molar-refractivity contribution in [3.63, 3.8) is 0 Å². The minimum Gasteiger partial charge on any atom is -0.465 e. The predicted octanol–water partition coefficient (Wildman–Crippen LogP) is 6.29. The average molecular weight is 791 g/mol. The van der Waals surface area contributed by atoms with Gasteiger partial charge in [-0.15, -0.1) is 0 Å². The zero-order valence-corrected chi connectivity index (χ0v) is 34.4. The van der Waals surface area contributed by atoms with Gasteiger partial charge < -0.3 is 36.0 Å². The second-order valence-corrected chi connectivity index (χ2v) is 17.3. The molecule has 2 heterocycles. The number of benzene rings is 3. The van der Waals surface area contributed by atoms with Crippen molar-refractivity contribution in [1.82, 2.24) is 30.7 Å². The largest absolute Gasteiger partial charge is 0.465 e. The zero-order valence-electron chi connectivity index (χ0n) is 34.4. The smallest absolute Gasteiger partial charge is 0.405 e. The van der Waals surface area contributed by atoms with Gasteiger partial charge in [-0.05, 0) is 58.9 Å². The summed E-state index contributed by atoms with van der Waals surface area (Å²) in [5, 5.41) is 30.3.